The highest BCUT2D eigenvalue weighted by molar-refractivity contribution is 5.96. The Morgan fingerprint density at radius 3 is 2.73 bits per heavy atom. The van der Waals surface area contributed by atoms with Crippen LogP contribution < -0.4 is 10.1 Å². The molecule has 0 spiro atoms. The van der Waals surface area contributed by atoms with E-state index in [0.29, 0.717) is 17.0 Å². The Bertz CT molecular complexity index is 799. The summed E-state index contributed by atoms with van der Waals surface area (Å²) in [6.45, 7) is 1.86. The lowest BCUT2D eigenvalue weighted by Gasteiger charge is -2.12. The van der Waals surface area contributed by atoms with E-state index in [1.807, 2.05) is 6.07 Å². The van der Waals surface area contributed by atoms with Crippen LogP contribution in [0.5, 0.6) is 5.88 Å². The van der Waals surface area contributed by atoms with Gasteiger partial charge >= 0.3 is 0 Å². The van der Waals surface area contributed by atoms with Crippen molar-refractivity contribution in [1.82, 2.24) is 10.3 Å². The second kappa shape index (κ2) is 7.95. The Balaban J connectivity index is 1.59. The second-order valence-electron chi connectivity index (χ2n) is 6.42. The molecule has 0 bridgehead atoms. The molecule has 1 aliphatic carbocycles. The maximum Gasteiger partial charge on any atom is 0.273 e. The summed E-state index contributed by atoms with van der Waals surface area (Å²) < 4.78 is 5.81. The molecule has 0 aliphatic heterocycles. The molecule has 1 heterocycles. The zero-order valence-corrected chi connectivity index (χ0v) is 14.6. The number of rotatable bonds is 6. The van der Waals surface area contributed by atoms with Gasteiger partial charge in [-0.1, -0.05) is 12.1 Å². The van der Waals surface area contributed by atoms with E-state index >= 15 is 0 Å². The number of nitro benzene ring substituents is 1. The summed E-state index contributed by atoms with van der Waals surface area (Å²) in [5.74, 6) is 0.249. The van der Waals surface area contributed by atoms with Gasteiger partial charge in [-0.25, -0.2) is 4.98 Å². The molecule has 1 N–H and O–H groups in total. The van der Waals surface area contributed by atoms with Gasteiger partial charge in [-0.15, -0.1) is 0 Å². The fourth-order valence-electron chi connectivity index (χ4n) is 3.11. The Morgan fingerprint density at radius 2 is 2.08 bits per heavy atom. The molecule has 1 aromatic carbocycles. The molecule has 3 rings (SSSR count). The van der Waals surface area contributed by atoms with Crippen LogP contribution >= 0.6 is 0 Å². The number of hydrogen-bond acceptors (Lipinski definition) is 5. The Kier molecular flexibility index (Phi) is 5.46. The highest BCUT2D eigenvalue weighted by Crippen LogP contribution is 2.23. The number of amides is 1. The number of hydrogen-bond donors (Lipinski definition) is 1. The van der Waals surface area contributed by atoms with Crippen molar-refractivity contribution in [2.45, 2.75) is 45.3 Å². The van der Waals surface area contributed by atoms with Crippen molar-refractivity contribution in [1.29, 1.82) is 0 Å². The summed E-state index contributed by atoms with van der Waals surface area (Å²) in [7, 11) is 0. The molecular weight excluding hydrogens is 334 g/mol. The maximum absolute atomic E-state index is 12.3. The van der Waals surface area contributed by atoms with Crippen molar-refractivity contribution < 1.29 is 14.5 Å². The zero-order chi connectivity index (χ0) is 18.5. The topological polar surface area (TPSA) is 94.4 Å². The van der Waals surface area contributed by atoms with E-state index in [1.54, 1.807) is 25.3 Å². The molecule has 0 radical (unpaired) electrons. The third-order valence-corrected chi connectivity index (χ3v) is 4.59. The summed E-state index contributed by atoms with van der Waals surface area (Å²) in [6, 6.07) is 8.14. The highest BCUT2D eigenvalue weighted by atomic mass is 16.6. The fourth-order valence-corrected chi connectivity index (χ4v) is 3.11. The average molecular weight is 355 g/mol. The first-order valence-corrected chi connectivity index (χ1v) is 8.68. The van der Waals surface area contributed by atoms with E-state index in [4.69, 9.17) is 4.74 Å². The molecular formula is C19H21N3O4. The summed E-state index contributed by atoms with van der Waals surface area (Å²) in [6.07, 6.45) is 6.47. The quantitative estimate of drug-likeness (QED) is 0.632. The standard InChI is InChI=1S/C19H21N3O4/c1-13-16(7-4-8-17(13)22(24)25)19(23)21-12-14-9-10-18(20-11-14)26-15-5-2-3-6-15/h4,7-11,15H,2-3,5-6,12H2,1H3,(H,21,23). The third-order valence-electron chi connectivity index (χ3n) is 4.59. The number of aromatic nitrogens is 1. The van der Waals surface area contributed by atoms with Gasteiger partial charge in [0.1, 0.15) is 6.10 Å². The van der Waals surface area contributed by atoms with Gasteiger partial charge in [0, 0.05) is 36.0 Å². The molecule has 2 aromatic rings. The van der Waals surface area contributed by atoms with Gasteiger partial charge in [-0.3, -0.25) is 14.9 Å². The number of carbonyl (C=O) groups is 1. The van der Waals surface area contributed by atoms with Gasteiger partial charge in [0.25, 0.3) is 11.6 Å². The molecule has 1 saturated carbocycles. The SMILES string of the molecule is Cc1c(C(=O)NCc2ccc(OC3CCCC3)nc2)cccc1[N+](=O)[O-]. The predicted octanol–water partition coefficient (Wildman–Crippen LogP) is 3.55. The van der Waals surface area contributed by atoms with Crippen LogP contribution in [0, 0.1) is 17.0 Å². The van der Waals surface area contributed by atoms with Crippen LogP contribution in [0.25, 0.3) is 0 Å². The van der Waals surface area contributed by atoms with E-state index in [0.717, 1.165) is 18.4 Å². The lowest BCUT2D eigenvalue weighted by atomic mass is 10.1. The summed E-state index contributed by atoms with van der Waals surface area (Å²) >= 11 is 0. The van der Waals surface area contributed by atoms with Crippen molar-refractivity contribution in [2.24, 2.45) is 0 Å². The first kappa shape index (κ1) is 17.8. The van der Waals surface area contributed by atoms with Gasteiger partial charge in [0.15, 0.2) is 0 Å². The average Bonchev–Trinajstić information content (AvgIpc) is 3.14. The minimum Gasteiger partial charge on any atom is -0.474 e. The second-order valence-corrected chi connectivity index (χ2v) is 6.42. The summed E-state index contributed by atoms with van der Waals surface area (Å²) in [5.41, 5.74) is 1.43. The van der Waals surface area contributed by atoms with Gasteiger partial charge in [0.05, 0.1) is 4.92 Å². The van der Waals surface area contributed by atoms with E-state index in [-0.39, 0.29) is 24.2 Å². The van der Waals surface area contributed by atoms with Gasteiger partial charge in [-0.05, 0) is 44.2 Å². The Labute approximate surface area is 151 Å². The number of benzene rings is 1. The number of nitro groups is 1. The van der Waals surface area contributed by atoms with Crippen LogP contribution in [-0.4, -0.2) is 21.9 Å². The first-order chi connectivity index (χ1) is 12.5. The van der Waals surface area contributed by atoms with Gasteiger partial charge in [-0.2, -0.15) is 0 Å². The van der Waals surface area contributed by atoms with Crippen LogP contribution in [0.15, 0.2) is 36.5 Å². The minimum atomic E-state index is -0.487. The van der Waals surface area contributed by atoms with Crippen LogP contribution in [-0.2, 0) is 6.54 Å². The predicted molar refractivity (Wildman–Crippen MR) is 96.1 cm³/mol. The van der Waals surface area contributed by atoms with E-state index in [1.165, 1.54) is 25.0 Å². The number of nitrogens with one attached hydrogen (secondary N) is 1. The Hall–Kier alpha value is -2.96. The summed E-state index contributed by atoms with van der Waals surface area (Å²) in [5, 5.41) is 13.8. The van der Waals surface area contributed by atoms with Crippen molar-refractivity contribution in [3.63, 3.8) is 0 Å². The number of pyridine rings is 1. The molecule has 0 atom stereocenters. The monoisotopic (exact) mass is 355 g/mol. The molecule has 0 unspecified atom stereocenters. The number of carbonyl (C=O) groups excluding carboxylic acids is 1. The molecule has 1 aliphatic rings. The summed E-state index contributed by atoms with van der Waals surface area (Å²) in [4.78, 5) is 27.1. The van der Waals surface area contributed by atoms with Crippen molar-refractivity contribution in [3.8, 4) is 5.88 Å². The van der Waals surface area contributed by atoms with Crippen LogP contribution in [0.2, 0.25) is 0 Å². The van der Waals surface area contributed by atoms with E-state index < -0.39 is 4.92 Å². The highest BCUT2D eigenvalue weighted by Gasteiger charge is 2.18. The number of nitrogens with zero attached hydrogens (tertiary/aromatic N) is 2. The smallest absolute Gasteiger partial charge is 0.273 e. The lowest BCUT2D eigenvalue weighted by Crippen LogP contribution is -2.24. The third kappa shape index (κ3) is 4.17. The molecule has 1 amide bonds. The van der Waals surface area contributed by atoms with Gasteiger partial charge < -0.3 is 10.1 Å². The molecule has 136 valence electrons. The maximum atomic E-state index is 12.3. The molecule has 7 heteroatoms. The molecule has 1 aromatic heterocycles. The molecule has 1 fully saturated rings. The van der Waals surface area contributed by atoms with Gasteiger partial charge in [0.2, 0.25) is 5.88 Å². The van der Waals surface area contributed by atoms with Crippen molar-refractivity contribution in [2.75, 3.05) is 0 Å². The van der Waals surface area contributed by atoms with E-state index in [2.05, 4.69) is 10.3 Å². The van der Waals surface area contributed by atoms with E-state index in [9.17, 15) is 14.9 Å². The normalized spacial score (nSPS) is 14.2. The fraction of sp³-hybridized carbons (Fsp3) is 0.368. The zero-order valence-electron chi connectivity index (χ0n) is 14.6. The van der Waals surface area contributed by atoms with Crippen LogP contribution in [0.3, 0.4) is 0 Å². The minimum absolute atomic E-state index is 0.0623. The molecule has 26 heavy (non-hydrogen) atoms. The van der Waals surface area contributed by atoms with Crippen molar-refractivity contribution in [3.05, 3.63) is 63.3 Å². The largest absolute Gasteiger partial charge is 0.474 e. The number of ether oxygens (including phenoxy) is 1. The van der Waals surface area contributed by atoms with Crippen molar-refractivity contribution >= 4 is 11.6 Å². The molecule has 7 nitrogen and oxygen atoms in total. The molecule has 0 saturated heterocycles. The first-order valence-electron chi connectivity index (χ1n) is 8.68. The Morgan fingerprint density at radius 1 is 1.31 bits per heavy atom. The lowest BCUT2D eigenvalue weighted by molar-refractivity contribution is -0.385. The van der Waals surface area contributed by atoms with Crippen LogP contribution in [0.1, 0.15) is 47.2 Å². The van der Waals surface area contributed by atoms with Crippen LogP contribution in [0.4, 0.5) is 5.69 Å².